The number of methoxy groups -OCH3 is 1. The molecule has 1 aromatic carbocycles. The van der Waals surface area contributed by atoms with Crippen LogP contribution in [0.25, 0.3) is 0 Å². The number of carbonyl (C=O) groups is 1. The number of hydrogen-bond acceptors (Lipinski definition) is 2. The molecule has 1 aromatic heterocycles. The summed E-state index contributed by atoms with van der Waals surface area (Å²) in [5.41, 5.74) is 1.39. The standard InChI is InChI=1S/C15H17NO2/c1-11(2)16-10-4-5-14(16)15(17)12-6-8-13(18-3)9-7-12/h4-11H,1-3H3. The molecule has 2 rings (SSSR count). The van der Waals surface area contributed by atoms with E-state index < -0.39 is 0 Å². The van der Waals surface area contributed by atoms with Gasteiger partial charge in [0.1, 0.15) is 5.75 Å². The molecule has 18 heavy (non-hydrogen) atoms. The first-order chi connectivity index (χ1) is 8.63. The molecule has 2 aromatic rings. The Morgan fingerprint density at radius 3 is 2.39 bits per heavy atom. The number of aromatic nitrogens is 1. The van der Waals surface area contributed by atoms with Crippen LogP contribution in [0.5, 0.6) is 5.75 Å². The number of benzene rings is 1. The third kappa shape index (κ3) is 2.30. The molecule has 0 N–H and O–H groups in total. The smallest absolute Gasteiger partial charge is 0.209 e. The van der Waals surface area contributed by atoms with Gasteiger partial charge in [-0.1, -0.05) is 0 Å². The predicted octanol–water partition coefficient (Wildman–Crippen LogP) is 3.31. The number of ether oxygens (including phenoxy) is 1. The SMILES string of the molecule is COc1ccc(C(=O)c2cccn2C(C)C)cc1. The van der Waals surface area contributed by atoms with Crippen molar-refractivity contribution in [2.24, 2.45) is 0 Å². The second-order valence-corrected chi connectivity index (χ2v) is 4.45. The van der Waals surface area contributed by atoms with E-state index in [1.54, 1.807) is 31.4 Å². The third-order valence-corrected chi connectivity index (χ3v) is 2.92. The van der Waals surface area contributed by atoms with E-state index in [2.05, 4.69) is 13.8 Å². The lowest BCUT2D eigenvalue weighted by Crippen LogP contribution is -2.11. The van der Waals surface area contributed by atoms with Crippen LogP contribution in [0.15, 0.2) is 42.6 Å². The number of rotatable bonds is 4. The van der Waals surface area contributed by atoms with Crippen molar-refractivity contribution in [3.8, 4) is 5.75 Å². The molecule has 0 aliphatic carbocycles. The summed E-state index contributed by atoms with van der Waals surface area (Å²) in [5, 5.41) is 0. The summed E-state index contributed by atoms with van der Waals surface area (Å²) in [6.45, 7) is 4.12. The highest BCUT2D eigenvalue weighted by molar-refractivity contribution is 6.08. The number of carbonyl (C=O) groups excluding carboxylic acids is 1. The molecule has 0 bridgehead atoms. The Morgan fingerprint density at radius 2 is 1.83 bits per heavy atom. The van der Waals surface area contributed by atoms with Gasteiger partial charge >= 0.3 is 0 Å². The highest BCUT2D eigenvalue weighted by Crippen LogP contribution is 2.17. The molecule has 0 saturated carbocycles. The maximum Gasteiger partial charge on any atom is 0.209 e. The number of hydrogen-bond donors (Lipinski definition) is 0. The molecule has 1 heterocycles. The van der Waals surface area contributed by atoms with Crippen LogP contribution >= 0.6 is 0 Å². The zero-order valence-electron chi connectivity index (χ0n) is 10.9. The van der Waals surface area contributed by atoms with Crippen molar-refractivity contribution >= 4 is 5.78 Å². The molecular weight excluding hydrogens is 226 g/mol. The molecule has 94 valence electrons. The normalized spacial score (nSPS) is 10.7. The van der Waals surface area contributed by atoms with E-state index >= 15 is 0 Å². The molecule has 0 radical (unpaired) electrons. The monoisotopic (exact) mass is 243 g/mol. The Morgan fingerprint density at radius 1 is 1.17 bits per heavy atom. The summed E-state index contributed by atoms with van der Waals surface area (Å²) in [5.74, 6) is 0.794. The first-order valence-corrected chi connectivity index (χ1v) is 5.99. The molecule has 0 unspecified atom stereocenters. The van der Waals surface area contributed by atoms with Crippen LogP contribution in [0.1, 0.15) is 35.9 Å². The van der Waals surface area contributed by atoms with E-state index in [0.717, 1.165) is 11.4 Å². The van der Waals surface area contributed by atoms with Crippen LogP contribution in [0.4, 0.5) is 0 Å². The zero-order valence-corrected chi connectivity index (χ0v) is 10.9. The average Bonchev–Trinajstić information content (AvgIpc) is 2.87. The van der Waals surface area contributed by atoms with Crippen LogP contribution < -0.4 is 4.74 Å². The minimum atomic E-state index is 0.0383. The van der Waals surface area contributed by atoms with Crippen molar-refractivity contribution in [3.63, 3.8) is 0 Å². The van der Waals surface area contributed by atoms with Crippen molar-refractivity contribution < 1.29 is 9.53 Å². The van der Waals surface area contributed by atoms with E-state index in [0.29, 0.717) is 5.56 Å². The highest BCUT2D eigenvalue weighted by Gasteiger charge is 2.14. The van der Waals surface area contributed by atoms with Gasteiger partial charge in [0, 0.05) is 17.8 Å². The van der Waals surface area contributed by atoms with Crippen LogP contribution in [0.2, 0.25) is 0 Å². The zero-order chi connectivity index (χ0) is 13.1. The second-order valence-electron chi connectivity index (χ2n) is 4.45. The average molecular weight is 243 g/mol. The van der Waals surface area contributed by atoms with Gasteiger partial charge in [0.25, 0.3) is 0 Å². The Balaban J connectivity index is 2.32. The fourth-order valence-electron chi connectivity index (χ4n) is 1.93. The minimum absolute atomic E-state index is 0.0383. The molecule has 0 amide bonds. The van der Waals surface area contributed by atoms with E-state index in [-0.39, 0.29) is 11.8 Å². The van der Waals surface area contributed by atoms with Crippen molar-refractivity contribution in [1.82, 2.24) is 4.57 Å². The van der Waals surface area contributed by atoms with Gasteiger partial charge in [-0.15, -0.1) is 0 Å². The quantitative estimate of drug-likeness (QED) is 0.771. The van der Waals surface area contributed by atoms with Gasteiger partial charge in [-0.05, 0) is 50.2 Å². The van der Waals surface area contributed by atoms with E-state index in [4.69, 9.17) is 4.74 Å². The third-order valence-electron chi connectivity index (χ3n) is 2.92. The number of nitrogens with zero attached hydrogens (tertiary/aromatic N) is 1. The van der Waals surface area contributed by atoms with E-state index in [9.17, 15) is 4.79 Å². The Hall–Kier alpha value is -2.03. The minimum Gasteiger partial charge on any atom is -0.497 e. The van der Waals surface area contributed by atoms with Gasteiger partial charge < -0.3 is 9.30 Å². The molecule has 0 atom stereocenters. The van der Waals surface area contributed by atoms with Crippen LogP contribution in [-0.4, -0.2) is 17.5 Å². The van der Waals surface area contributed by atoms with Gasteiger partial charge in [-0.25, -0.2) is 0 Å². The molecule has 3 heteroatoms. The summed E-state index contributed by atoms with van der Waals surface area (Å²) in [7, 11) is 1.61. The van der Waals surface area contributed by atoms with Gasteiger partial charge in [0.05, 0.1) is 12.8 Å². The Bertz CT molecular complexity index is 538. The summed E-state index contributed by atoms with van der Waals surface area (Å²) in [6.07, 6.45) is 1.93. The summed E-state index contributed by atoms with van der Waals surface area (Å²) < 4.78 is 7.06. The molecule has 0 fully saturated rings. The van der Waals surface area contributed by atoms with Crippen molar-refractivity contribution in [1.29, 1.82) is 0 Å². The largest absolute Gasteiger partial charge is 0.497 e. The van der Waals surface area contributed by atoms with Gasteiger partial charge in [0.15, 0.2) is 0 Å². The predicted molar refractivity (Wildman–Crippen MR) is 71.2 cm³/mol. The highest BCUT2D eigenvalue weighted by atomic mass is 16.5. The second kappa shape index (κ2) is 5.08. The molecule has 0 saturated heterocycles. The Labute approximate surface area is 107 Å². The summed E-state index contributed by atoms with van der Waals surface area (Å²) in [6, 6.07) is 11.2. The molecule has 3 nitrogen and oxygen atoms in total. The van der Waals surface area contributed by atoms with E-state index in [1.165, 1.54) is 0 Å². The van der Waals surface area contributed by atoms with Crippen LogP contribution in [0.3, 0.4) is 0 Å². The van der Waals surface area contributed by atoms with Crippen molar-refractivity contribution in [2.75, 3.05) is 7.11 Å². The Kier molecular flexibility index (Phi) is 3.51. The lowest BCUT2D eigenvalue weighted by atomic mass is 10.1. The van der Waals surface area contributed by atoms with Crippen LogP contribution in [0, 0.1) is 0 Å². The van der Waals surface area contributed by atoms with Crippen LogP contribution in [-0.2, 0) is 0 Å². The maximum absolute atomic E-state index is 12.4. The van der Waals surface area contributed by atoms with E-state index in [1.807, 2.05) is 22.9 Å². The summed E-state index contributed by atoms with van der Waals surface area (Å²) >= 11 is 0. The van der Waals surface area contributed by atoms with Gasteiger partial charge in [-0.2, -0.15) is 0 Å². The number of ketones is 1. The summed E-state index contributed by atoms with van der Waals surface area (Å²) in [4.78, 5) is 12.4. The topological polar surface area (TPSA) is 31.2 Å². The maximum atomic E-state index is 12.4. The lowest BCUT2D eigenvalue weighted by molar-refractivity contribution is 0.102. The van der Waals surface area contributed by atoms with Crippen molar-refractivity contribution in [3.05, 3.63) is 53.9 Å². The molecule has 0 spiro atoms. The fourth-order valence-corrected chi connectivity index (χ4v) is 1.93. The molecular formula is C15H17NO2. The van der Waals surface area contributed by atoms with Gasteiger partial charge in [-0.3, -0.25) is 4.79 Å². The van der Waals surface area contributed by atoms with Gasteiger partial charge in [0.2, 0.25) is 5.78 Å². The van der Waals surface area contributed by atoms with Crippen molar-refractivity contribution in [2.45, 2.75) is 19.9 Å². The molecule has 0 aliphatic heterocycles. The first-order valence-electron chi connectivity index (χ1n) is 5.99. The lowest BCUT2D eigenvalue weighted by Gasteiger charge is -2.12. The first kappa shape index (κ1) is 12.4. The molecule has 0 aliphatic rings. The fraction of sp³-hybridized carbons (Fsp3) is 0.267.